The first kappa shape index (κ1) is 30.4. The monoisotopic (exact) mass is 579 g/mol. The summed E-state index contributed by atoms with van der Waals surface area (Å²) in [7, 11) is 0. The maximum absolute atomic E-state index is 12.8. The number of nitrogens with zero attached hydrogens (tertiary/aromatic N) is 1. The van der Waals surface area contributed by atoms with Crippen molar-refractivity contribution in [1.82, 2.24) is 10.3 Å². The van der Waals surface area contributed by atoms with Gasteiger partial charge in [-0.2, -0.15) is 13.2 Å². The second-order valence-corrected chi connectivity index (χ2v) is 10.1. The number of nitrogens with one attached hydrogen (secondary N) is 2. The number of fused-ring (bicyclic) bond motifs is 1. The lowest BCUT2D eigenvalue weighted by molar-refractivity contribution is -0.192. The smallest absolute Gasteiger partial charge is 0.489 e. The topological polar surface area (TPSA) is 101 Å². The molecule has 3 N–H and O–H groups in total. The van der Waals surface area contributed by atoms with Crippen molar-refractivity contribution in [3.05, 3.63) is 102 Å². The van der Waals surface area contributed by atoms with Gasteiger partial charge in [0.25, 0.3) is 5.91 Å². The van der Waals surface area contributed by atoms with Crippen LogP contribution in [0.2, 0.25) is 0 Å². The molecule has 1 amide bonds. The number of carboxylic acids is 1. The minimum Gasteiger partial charge on any atom is -0.489 e. The van der Waals surface area contributed by atoms with Gasteiger partial charge in [-0.1, -0.05) is 48.5 Å². The number of aryl methyl sites for hydroxylation is 1. The Morgan fingerprint density at radius 1 is 0.905 bits per heavy atom. The maximum atomic E-state index is 12.8. The first-order valence-electron chi connectivity index (χ1n) is 13.6. The van der Waals surface area contributed by atoms with E-state index in [2.05, 4.69) is 35.8 Å². The normalized spacial score (nSPS) is 16.6. The number of para-hydroxylation sites is 1. The maximum Gasteiger partial charge on any atom is 0.490 e. The van der Waals surface area contributed by atoms with Crippen LogP contribution in [0.4, 0.5) is 19.0 Å². The molecule has 42 heavy (non-hydrogen) atoms. The van der Waals surface area contributed by atoms with Gasteiger partial charge in [-0.25, -0.2) is 9.78 Å². The molecule has 4 aromatic rings. The molecule has 3 aromatic carbocycles. The Bertz CT molecular complexity index is 1490. The summed E-state index contributed by atoms with van der Waals surface area (Å²) in [5.74, 6) is -1.09. The van der Waals surface area contributed by atoms with Crippen LogP contribution in [-0.4, -0.2) is 40.2 Å². The molecule has 1 aromatic heterocycles. The van der Waals surface area contributed by atoms with Crippen molar-refractivity contribution in [3.63, 3.8) is 0 Å². The Morgan fingerprint density at radius 2 is 1.50 bits per heavy atom. The molecule has 1 aliphatic carbocycles. The highest BCUT2D eigenvalue weighted by Gasteiger charge is 2.38. The van der Waals surface area contributed by atoms with E-state index in [1.807, 2.05) is 66.7 Å². The Kier molecular flexibility index (Phi) is 10.0. The quantitative estimate of drug-likeness (QED) is 0.220. The third-order valence-corrected chi connectivity index (χ3v) is 6.94. The number of alkyl halides is 3. The lowest BCUT2D eigenvalue weighted by atomic mass is 9.91. The summed E-state index contributed by atoms with van der Waals surface area (Å²) < 4.78 is 37.6. The van der Waals surface area contributed by atoms with Crippen molar-refractivity contribution in [2.24, 2.45) is 0 Å². The first-order valence-corrected chi connectivity index (χ1v) is 13.6. The van der Waals surface area contributed by atoms with E-state index >= 15 is 0 Å². The molecule has 0 aliphatic heterocycles. The number of amides is 1. The summed E-state index contributed by atoms with van der Waals surface area (Å²) in [5, 5.41) is 15.1. The molecule has 220 valence electrons. The summed E-state index contributed by atoms with van der Waals surface area (Å²) in [6.07, 6.45) is -1.17. The van der Waals surface area contributed by atoms with E-state index in [0.717, 1.165) is 48.3 Å². The number of rotatable bonds is 7. The zero-order chi connectivity index (χ0) is 30.1. The Balaban J connectivity index is 0.000000517. The van der Waals surface area contributed by atoms with Gasteiger partial charge in [-0.15, -0.1) is 0 Å². The molecule has 1 heterocycles. The highest BCUT2D eigenvalue weighted by molar-refractivity contribution is 5.94. The molecule has 0 saturated heterocycles. The predicted molar refractivity (Wildman–Crippen MR) is 155 cm³/mol. The summed E-state index contributed by atoms with van der Waals surface area (Å²) in [6, 6.07) is 28.4. The van der Waals surface area contributed by atoms with Crippen LogP contribution in [0.3, 0.4) is 0 Å². The van der Waals surface area contributed by atoms with Gasteiger partial charge >= 0.3 is 12.1 Å². The fourth-order valence-corrected chi connectivity index (χ4v) is 4.73. The molecule has 10 heteroatoms. The number of pyridine rings is 1. The van der Waals surface area contributed by atoms with Crippen molar-refractivity contribution >= 4 is 28.6 Å². The van der Waals surface area contributed by atoms with Crippen LogP contribution in [0, 0.1) is 6.92 Å². The van der Waals surface area contributed by atoms with E-state index in [4.69, 9.17) is 19.6 Å². The van der Waals surface area contributed by atoms with Gasteiger partial charge in [0.2, 0.25) is 0 Å². The second-order valence-electron chi connectivity index (χ2n) is 10.1. The standard InChI is InChI=1S/C30H31N3O2.C2HF3O2/c1-21-19-29(33-28-10-6-5-9-27(21)28)31-24-13-15-25(16-14-24)32-30(34)23-11-17-26(18-12-23)35-20-22-7-3-2-4-8-22;3-2(4,5)1(6)7/h2-12,17-19,24-25H,13-16,20H2,1H3,(H,31,33)(H,32,34);(H,6,7). The van der Waals surface area contributed by atoms with E-state index < -0.39 is 12.1 Å². The molecule has 5 rings (SSSR count). The number of anilines is 1. The highest BCUT2D eigenvalue weighted by Crippen LogP contribution is 2.25. The first-order chi connectivity index (χ1) is 20.1. The van der Waals surface area contributed by atoms with Crippen LogP contribution in [0.1, 0.15) is 47.2 Å². The third-order valence-electron chi connectivity index (χ3n) is 6.94. The van der Waals surface area contributed by atoms with Crippen molar-refractivity contribution in [2.75, 3.05) is 5.32 Å². The molecule has 0 atom stereocenters. The lowest BCUT2D eigenvalue weighted by Gasteiger charge is -2.30. The average molecular weight is 580 g/mol. The number of hydrogen-bond acceptors (Lipinski definition) is 5. The van der Waals surface area contributed by atoms with Crippen LogP contribution >= 0.6 is 0 Å². The lowest BCUT2D eigenvalue weighted by Crippen LogP contribution is -2.40. The number of ether oxygens (including phenoxy) is 1. The minimum absolute atomic E-state index is 0.0251. The number of carbonyl (C=O) groups excluding carboxylic acids is 1. The van der Waals surface area contributed by atoms with Gasteiger partial charge in [0, 0.05) is 23.0 Å². The Labute approximate surface area is 241 Å². The van der Waals surface area contributed by atoms with E-state index in [9.17, 15) is 18.0 Å². The van der Waals surface area contributed by atoms with Crippen LogP contribution in [-0.2, 0) is 11.4 Å². The molecular formula is C32H32F3N3O4. The number of benzene rings is 3. The van der Waals surface area contributed by atoms with Crippen LogP contribution in [0.15, 0.2) is 84.9 Å². The van der Waals surface area contributed by atoms with Crippen LogP contribution in [0.25, 0.3) is 10.9 Å². The van der Waals surface area contributed by atoms with Gasteiger partial charge in [0.15, 0.2) is 0 Å². The molecule has 0 bridgehead atoms. The molecular weight excluding hydrogens is 547 g/mol. The van der Waals surface area contributed by atoms with Crippen molar-refractivity contribution < 1.29 is 32.6 Å². The summed E-state index contributed by atoms with van der Waals surface area (Å²) >= 11 is 0. The van der Waals surface area contributed by atoms with Gasteiger partial charge in [0.1, 0.15) is 18.2 Å². The van der Waals surface area contributed by atoms with Crippen LogP contribution < -0.4 is 15.4 Å². The third kappa shape index (κ3) is 8.70. The Hall–Kier alpha value is -4.60. The van der Waals surface area contributed by atoms with E-state index in [1.54, 1.807) is 0 Å². The molecule has 1 fully saturated rings. The summed E-state index contributed by atoms with van der Waals surface area (Å²) in [5.41, 5.74) is 4.03. The van der Waals surface area contributed by atoms with E-state index in [0.29, 0.717) is 18.2 Å². The number of carboxylic acid groups (broad SMARTS) is 1. The average Bonchev–Trinajstić information content (AvgIpc) is 2.98. The van der Waals surface area contributed by atoms with Crippen molar-refractivity contribution in [2.45, 2.75) is 57.5 Å². The van der Waals surface area contributed by atoms with Crippen molar-refractivity contribution in [1.29, 1.82) is 0 Å². The molecule has 1 saturated carbocycles. The van der Waals surface area contributed by atoms with Gasteiger partial charge in [0.05, 0.1) is 5.52 Å². The molecule has 0 radical (unpaired) electrons. The molecule has 1 aliphatic rings. The highest BCUT2D eigenvalue weighted by atomic mass is 19.4. The largest absolute Gasteiger partial charge is 0.490 e. The molecule has 7 nitrogen and oxygen atoms in total. The number of halogens is 3. The van der Waals surface area contributed by atoms with Gasteiger partial charge in [-0.05, 0) is 80.1 Å². The molecule has 0 spiro atoms. The van der Waals surface area contributed by atoms with Gasteiger partial charge in [-0.3, -0.25) is 4.79 Å². The Morgan fingerprint density at radius 3 is 2.14 bits per heavy atom. The predicted octanol–water partition coefficient (Wildman–Crippen LogP) is 6.91. The number of aromatic nitrogens is 1. The number of carbonyl (C=O) groups is 2. The fraction of sp³-hybridized carbons (Fsp3) is 0.281. The zero-order valence-electron chi connectivity index (χ0n) is 23.0. The van der Waals surface area contributed by atoms with Crippen molar-refractivity contribution in [3.8, 4) is 5.75 Å². The summed E-state index contributed by atoms with van der Waals surface area (Å²) in [6.45, 7) is 2.64. The fourth-order valence-electron chi connectivity index (χ4n) is 4.73. The van der Waals surface area contributed by atoms with Crippen LogP contribution in [0.5, 0.6) is 5.75 Å². The summed E-state index contributed by atoms with van der Waals surface area (Å²) in [4.78, 5) is 26.4. The SMILES string of the molecule is Cc1cc(NC2CCC(NC(=O)c3ccc(OCc4ccccc4)cc3)CC2)nc2ccccc12.O=C(O)C(F)(F)F. The zero-order valence-corrected chi connectivity index (χ0v) is 23.0. The van der Waals surface area contributed by atoms with E-state index in [-0.39, 0.29) is 11.9 Å². The number of aliphatic carboxylic acids is 1. The molecule has 0 unspecified atom stereocenters. The van der Waals surface area contributed by atoms with E-state index in [1.165, 1.54) is 10.9 Å². The van der Waals surface area contributed by atoms with Gasteiger partial charge < -0.3 is 20.5 Å². The minimum atomic E-state index is -5.08. The number of hydrogen-bond donors (Lipinski definition) is 3. The second kappa shape index (κ2) is 13.8.